The summed E-state index contributed by atoms with van der Waals surface area (Å²) in [6.07, 6.45) is 2.03. The van der Waals surface area contributed by atoms with Gasteiger partial charge in [0.1, 0.15) is 5.37 Å². The molecule has 10 heteroatoms. The van der Waals surface area contributed by atoms with Gasteiger partial charge in [-0.1, -0.05) is 0 Å². The smallest absolute Gasteiger partial charge is 0.269 e. The summed E-state index contributed by atoms with van der Waals surface area (Å²) in [4.78, 5) is 33.5. The topological polar surface area (TPSA) is 142 Å². The number of non-ortho nitro benzene ring substituents is 1. The first kappa shape index (κ1) is 19.3. The van der Waals surface area contributed by atoms with Crippen LogP contribution in [0.25, 0.3) is 11.1 Å². The maximum absolute atomic E-state index is 12.4. The minimum absolute atomic E-state index is 0.0781. The molecule has 1 aromatic heterocycles. The molecule has 138 valence electrons. The van der Waals surface area contributed by atoms with Crippen molar-refractivity contribution in [2.24, 2.45) is 5.73 Å². The molecule has 1 heterocycles. The Balaban J connectivity index is 2.39. The van der Waals surface area contributed by atoms with E-state index in [1.165, 1.54) is 42.6 Å². The number of hydrogen-bond acceptors (Lipinski definition) is 6. The molecule has 0 radical (unpaired) electrons. The van der Waals surface area contributed by atoms with Gasteiger partial charge in [-0.25, -0.2) is 8.42 Å². The van der Waals surface area contributed by atoms with Crippen LogP contribution in [0.15, 0.2) is 47.4 Å². The molecule has 2 aromatic rings. The van der Waals surface area contributed by atoms with Gasteiger partial charge in [-0.3, -0.25) is 24.3 Å². The van der Waals surface area contributed by atoms with Crippen molar-refractivity contribution in [1.29, 1.82) is 0 Å². The van der Waals surface area contributed by atoms with Crippen LogP contribution in [-0.4, -0.2) is 30.1 Å². The summed E-state index contributed by atoms with van der Waals surface area (Å²) in [7, 11) is -3.65. The summed E-state index contributed by atoms with van der Waals surface area (Å²) >= 11 is 0. The third-order valence-electron chi connectivity index (χ3n) is 3.80. The number of carbonyl (C=O) groups excluding carboxylic acids is 1. The predicted octanol–water partition coefficient (Wildman–Crippen LogP) is 1.23. The van der Waals surface area contributed by atoms with Crippen molar-refractivity contribution in [3.63, 3.8) is 0 Å². The summed E-state index contributed by atoms with van der Waals surface area (Å²) in [5, 5.41) is 9.49. The standard InChI is InChI=1S/C16H17N3O6S/c1-26(24,25)16(7-6-14(17)20)18-9-8-12(10-15(18)21)11-2-4-13(5-3-11)19(22)23/h2-5,8-10,16H,6-7H2,1H3,(H2,17,20). The normalized spacial score (nSPS) is 12.5. The number of primary amides is 1. The highest BCUT2D eigenvalue weighted by molar-refractivity contribution is 7.90. The highest BCUT2D eigenvalue weighted by atomic mass is 32.2. The van der Waals surface area contributed by atoms with Gasteiger partial charge in [0.05, 0.1) is 4.92 Å². The lowest BCUT2D eigenvalue weighted by atomic mass is 10.1. The number of pyridine rings is 1. The van der Waals surface area contributed by atoms with E-state index < -0.39 is 31.6 Å². The van der Waals surface area contributed by atoms with Gasteiger partial charge < -0.3 is 5.73 Å². The van der Waals surface area contributed by atoms with E-state index in [4.69, 9.17) is 5.73 Å². The minimum atomic E-state index is -3.65. The van der Waals surface area contributed by atoms with Crippen LogP contribution in [0.4, 0.5) is 5.69 Å². The number of aromatic nitrogens is 1. The molecular weight excluding hydrogens is 362 g/mol. The summed E-state index contributed by atoms with van der Waals surface area (Å²) in [6, 6.07) is 8.39. The molecule has 0 fully saturated rings. The van der Waals surface area contributed by atoms with Crippen LogP contribution in [0, 0.1) is 10.1 Å². The van der Waals surface area contributed by atoms with Gasteiger partial charge in [-0.05, 0) is 35.7 Å². The van der Waals surface area contributed by atoms with Crippen molar-refractivity contribution >= 4 is 21.4 Å². The lowest BCUT2D eigenvalue weighted by molar-refractivity contribution is -0.384. The second-order valence-corrected chi connectivity index (χ2v) is 7.96. The molecule has 0 bridgehead atoms. The fourth-order valence-corrected chi connectivity index (χ4v) is 3.64. The van der Waals surface area contributed by atoms with Crippen LogP contribution in [0.5, 0.6) is 0 Å². The Morgan fingerprint density at radius 2 is 1.85 bits per heavy atom. The Hall–Kier alpha value is -3.01. The van der Waals surface area contributed by atoms with Gasteiger partial charge in [0.2, 0.25) is 5.91 Å². The maximum atomic E-state index is 12.4. The number of nitro groups is 1. The second kappa shape index (κ2) is 7.48. The number of rotatable bonds is 7. The lowest BCUT2D eigenvalue weighted by Gasteiger charge is -2.18. The van der Waals surface area contributed by atoms with E-state index in [1.807, 2.05) is 0 Å². The van der Waals surface area contributed by atoms with E-state index in [0.29, 0.717) is 11.1 Å². The molecule has 1 unspecified atom stereocenters. The number of nitrogens with zero attached hydrogens (tertiary/aromatic N) is 2. The zero-order valence-electron chi connectivity index (χ0n) is 13.9. The molecule has 1 aromatic carbocycles. The Morgan fingerprint density at radius 3 is 2.31 bits per heavy atom. The predicted molar refractivity (Wildman–Crippen MR) is 95.1 cm³/mol. The second-order valence-electron chi connectivity index (χ2n) is 5.75. The molecule has 1 amide bonds. The van der Waals surface area contributed by atoms with E-state index in [0.717, 1.165) is 10.8 Å². The van der Waals surface area contributed by atoms with Crippen LogP contribution in [0.1, 0.15) is 18.2 Å². The Labute approximate surface area is 149 Å². The third-order valence-corrected chi connectivity index (χ3v) is 5.25. The number of sulfone groups is 1. The fraction of sp³-hybridized carbons (Fsp3) is 0.250. The van der Waals surface area contributed by atoms with Crippen molar-refractivity contribution in [1.82, 2.24) is 4.57 Å². The Kier molecular flexibility index (Phi) is 5.56. The zero-order chi connectivity index (χ0) is 19.5. The average molecular weight is 379 g/mol. The molecule has 9 nitrogen and oxygen atoms in total. The first-order valence-electron chi connectivity index (χ1n) is 7.54. The number of amides is 1. The molecule has 0 aliphatic carbocycles. The maximum Gasteiger partial charge on any atom is 0.269 e. The van der Waals surface area contributed by atoms with Crippen LogP contribution in [0.3, 0.4) is 0 Å². The quantitative estimate of drug-likeness (QED) is 0.566. The molecule has 0 aliphatic rings. The monoisotopic (exact) mass is 379 g/mol. The van der Waals surface area contributed by atoms with E-state index >= 15 is 0 Å². The largest absolute Gasteiger partial charge is 0.370 e. The number of carbonyl (C=O) groups is 1. The zero-order valence-corrected chi connectivity index (χ0v) is 14.7. The molecule has 0 spiro atoms. The molecule has 0 saturated heterocycles. The van der Waals surface area contributed by atoms with Gasteiger partial charge >= 0.3 is 0 Å². The molecule has 2 rings (SSSR count). The van der Waals surface area contributed by atoms with Gasteiger partial charge in [0.25, 0.3) is 11.2 Å². The summed E-state index contributed by atoms with van der Waals surface area (Å²) < 4.78 is 25.0. The first-order valence-corrected chi connectivity index (χ1v) is 9.49. The third kappa shape index (κ3) is 4.54. The van der Waals surface area contributed by atoms with Gasteiger partial charge in [-0.15, -0.1) is 0 Å². The van der Waals surface area contributed by atoms with Crippen molar-refractivity contribution in [2.75, 3.05) is 6.26 Å². The summed E-state index contributed by atoms with van der Waals surface area (Å²) in [5.41, 5.74) is 5.48. The number of benzene rings is 1. The molecule has 2 N–H and O–H groups in total. The van der Waals surface area contributed by atoms with E-state index in [9.17, 15) is 28.1 Å². The lowest BCUT2D eigenvalue weighted by Crippen LogP contribution is -2.29. The summed E-state index contributed by atoms with van der Waals surface area (Å²) in [6.45, 7) is 0. The van der Waals surface area contributed by atoms with Crippen LogP contribution < -0.4 is 11.3 Å². The molecule has 1 atom stereocenters. The molecular formula is C16H17N3O6S. The molecule has 0 aliphatic heterocycles. The van der Waals surface area contributed by atoms with E-state index in [2.05, 4.69) is 0 Å². The highest BCUT2D eigenvalue weighted by Gasteiger charge is 2.24. The van der Waals surface area contributed by atoms with Crippen molar-refractivity contribution in [3.05, 3.63) is 63.1 Å². The minimum Gasteiger partial charge on any atom is -0.370 e. The van der Waals surface area contributed by atoms with Crippen molar-refractivity contribution < 1.29 is 18.1 Å². The number of hydrogen-bond donors (Lipinski definition) is 1. The first-order chi connectivity index (χ1) is 12.1. The molecule has 26 heavy (non-hydrogen) atoms. The SMILES string of the molecule is CS(=O)(=O)C(CCC(N)=O)n1ccc(-c2ccc([N+](=O)[O-])cc2)cc1=O. The Morgan fingerprint density at radius 1 is 1.23 bits per heavy atom. The number of nitro benzene ring substituents is 1. The molecule has 0 saturated carbocycles. The van der Waals surface area contributed by atoms with Crippen LogP contribution >= 0.6 is 0 Å². The van der Waals surface area contributed by atoms with E-state index in [-0.39, 0.29) is 18.5 Å². The fourth-order valence-electron chi connectivity index (χ4n) is 2.51. The van der Waals surface area contributed by atoms with E-state index in [1.54, 1.807) is 0 Å². The van der Waals surface area contributed by atoms with Crippen LogP contribution in [0.2, 0.25) is 0 Å². The van der Waals surface area contributed by atoms with Gasteiger partial charge in [-0.2, -0.15) is 0 Å². The number of nitrogens with two attached hydrogens (primary N) is 1. The Bertz CT molecular complexity index is 995. The van der Waals surface area contributed by atoms with Gasteiger partial charge in [0.15, 0.2) is 9.84 Å². The highest BCUT2D eigenvalue weighted by Crippen LogP contribution is 2.23. The van der Waals surface area contributed by atoms with Gasteiger partial charge in [0, 0.05) is 37.1 Å². The van der Waals surface area contributed by atoms with Crippen LogP contribution in [-0.2, 0) is 14.6 Å². The average Bonchev–Trinajstić information content (AvgIpc) is 2.55. The van der Waals surface area contributed by atoms with Crippen molar-refractivity contribution in [3.8, 4) is 11.1 Å². The van der Waals surface area contributed by atoms with Crippen molar-refractivity contribution in [2.45, 2.75) is 18.2 Å². The summed E-state index contributed by atoms with van der Waals surface area (Å²) in [5.74, 6) is -0.658.